The van der Waals surface area contributed by atoms with Gasteiger partial charge in [0.05, 0.1) is 26.2 Å². The monoisotopic (exact) mass is 315 g/mol. The average molecular weight is 315 g/mol. The molecule has 2 aliphatic heterocycles. The Kier molecular flexibility index (Phi) is 4.22. The van der Waals surface area contributed by atoms with E-state index in [9.17, 15) is 9.59 Å². The zero-order valence-electron chi connectivity index (χ0n) is 13.6. The van der Waals surface area contributed by atoms with Crippen molar-refractivity contribution in [3.05, 3.63) is 48.0 Å². The Morgan fingerprint density at radius 2 is 2.04 bits per heavy atom. The van der Waals surface area contributed by atoms with Gasteiger partial charge in [-0.1, -0.05) is 36.4 Å². The number of rotatable bonds is 3. The zero-order valence-corrected chi connectivity index (χ0v) is 13.6. The number of carbonyl (C=O) groups excluding carboxylic acids is 2. The SMILES string of the molecule is C[C@@H]1[C@H](c2ccccc2)OC(=O)N1C(=O)C[N+]1(C)CC=CCC1. The van der Waals surface area contributed by atoms with E-state index in [4.69, 9.17) is 4.74 Å². The number of benzene rings is 1. The Labute approximate surface area is 136 Å². The minimum absolute atomic E-state index is 0.154. The third kappa shape index (κ3) is 3.15. The first-order chi connectivity index (χ1) is 11.0. The van der Waals surface area contributed by atoms with Crippen LogP contribution in [-0.4, -0.2) is 54.1 Å². The van der Waals surface area contributed by atoms with E-state index >= 15 is 0 Å². The molecule has 2 amide bonds. The summed E-state index contributed by atoms with van der Waals surface area (Å²) in [7, 11) is 2.06. The molecule has 0 saturated carbocycles. The number of nitrogens with zero attached hydrogens (tertiary/aromatic N) is 2. The summed E-state index contributed by atoms with van der Waals surface area (Å²) in [5.74, 6) is -0.154. The maximum absolute atomic E-state index is 12.7. The summed E-state index contributed by atoms with van der Waals surface area (Å²) in [6, 6.07) is 9.30. The molecule has 3 rings (SSSR count). The number of ether oxygens (including phenoxy) is 1. The molecule has 0 aliphatic carbocycles. The van der Waals surface area contributed by atoms with Crippen LogP contribution in [0.4, 0.5) is 4.79 Å². The second kappa shape index (κ2) is 6.16. The lowest BCUT2D eigenvalue weighted by atomic mass is 10.0. The summed E-state index contributed by atoms with van der Waals surface area (Å²) in [6.45, 7) is 3.94. The molecule has 0 bridgehead atoms. The number of quaternary nitrogens is 1. The fourth-order valence-electron chi connectivity index (χ4n) is 3.35. The quantitative estimate of drug-likeness (QED) is 0.636. The summed E-state index contributed by atoms with van der Waals surface area (Å²) >= 11 is 0. The predicted octanol–water partition coefficient (Wildman–Crippen LogP) is 2.50. The molecule has 5 heteroatoms. The van der Waals surface area contributed by atoms with Gasteiger partial charge in [-0.25, -0.2) is 9.69 Å². The molecule has 23 heavy (non-hydrogen) atoms. The standard InChI is InChI=1S/C18H23N2O3/c1-14-17(15-9-5-3-6-10-15)23-18(22)19(14)16(21)13-20(2)11-7-4-8-12-20/h3-7,9-10,14,17H,8,11-13H2,1-2H3/q+1/t14-,17-,20?/m1/s1. The molecular formula is C18H23N2O3+. The molecule has 0 aromatic heterocycles. The van der Waals surface area contributed by atoms with Crippen molar-refractivity contribution in [2.24, 2.45) is 0 Å². The van der Waals surface area contributed by atoms with Crippen LogP contribution in [0.3, 0.4) is 0 Å². The van der Waals surface area contributed by atoms with Gasteiger partial charge in [0.2, 0.25) is 0 Å². The van der Waals surface area contributed by atoms with Gasteiger partial charge in [-0.15, -0.1) is 0 Å². The third-order valence-electron chi connectivity index (χ3n) is 4.73. The Morgan fingerprint density at radius 1 is 1.30 bits per heavy atom. The molecule has 1 unspecified atom stereocenters. The van der Waals surface area contributed by atoms with Crippen LogP contribution in [-0.2, 0) is 9.53 Å². The summed E-state index contributed by atoms with van der Waals surface area (Å²) in [4.78, 5) is 26.2. The molecule has 1 aromatic carbocycles. The van der Waals surface area contributed by atoms with Crippen molar-refractivity contribution in [3.8, 4) is 0 Å². The van der Waals surface area contributed by atoms with E-state index in [1.165, 1.54) is 4.90 Å². The van der Waals surface area contributed by atoms with Crippen molar-refractivity contribution in [3.63, 3.8) is 0 Å². The van der Waals surface area contributed by atoms with Crippen molar-refractivity contribution < 1.29 is 18.8 Å². The molecule has 122 valence electrons. The molecule has 3 atom stereocenters. The Morgan fingerprint density at radius 3 is 2.70 bits per heavy atom. The van der Waals surface area contributed by atoms with E-state index in [1.54, 1.807) is 0 Å². The van der Waals surface area contributed by atoms with Crippen molar-refractivity contribution in [2.45, 2.75) is 25.5 Å². The first-order valence-corrected chi connectivity index (χ1v) is 8.06. The van der Waals surface area contributed by atoms with Crippen LogP contribution in [0.1, 0.15) is 25.0 Å². The van der Waals surface area contributed by atoms with Gasteiger partial charge < -0.3 is 9.22 Å². The highest BCUT2D eigenvalue weighted by molar-refractivity contribution is 5.94. The maximum Gasteiger partial charge on any atom is 0.417 e. The molecule has 5 nitrogen and oxygen atoms in total. The van der Waals surface area contributed by atoms with Crippen molar-refractivity contribution in [1.82, 2.24) is 4.90 Å². The topological polar surface area (TPSA) is 46.6 Å². The van der Waals surface area contributed by atoms with Gasteiger partial charge in [0.1, 0.15) is 6.10 Å². The van der Waals surface area contributed by atoms with E-state index < -0.39 is 6.09 Å². The van der Waals surface area contributed by atoms with E-state index in [0.29, 0.717) is 11.0 Å². The predicted molar refractivity (Wildman–Crippen MR) is 86.5 cm³/mol. The second-order valence-electron chi connectivity index (χ2n) is 6.66. The number of hydrogen-bond acceptors (Lipinski definition) is 3. The lowest BCUT2D eigenvalue weighted by Crippen LogP contribution is -2.54. The van der Waals surface area contributed by atoms with Crippen LogP contribution in [0.25, 0.3) is 0 Å². The third-order valence-corrected chi connectivity index (χ3v) is 4.73. The normalized spacial score (nSPS) is 30.3. The molecule has 0 radical (unpaired) electrons. The van der Waals surface area contributed by atoms with Crippen LogP contribution >= 0.6 is 0 Å². The van der Waals surface area contributed by atoms with Crippen LogP contribution in [0.5, 0.6) is 0 Å². The summed E-state index contributed by atoms with van der Waals surface area (Å²) in [5, 5.41) is 0. The number of imide groups is 1. The number of cyclic esters (lactones) is 1. The minimum atomic E-state index is -0.532. The van der Waals surface area contributed by atoms with Gasteiger partial charge >= 0.3 is 6.09 Å². The molecule has 0 spiro atoms. The molecule has 1 fully saturated rings. The van der Waals surface area contributed by atoms with Gasteiger partial charge in [0.15, 0.2) is 6.54 Å². The Bertz CT molecular complexity index is 628. The van der Waals surface area contributed by atoms with E-state index in [-0.39, 0.29) is 18.1 Å². The van der Waals surface area contributed by atoms with Gasteiger partial charge in [-0.3, -0.25) is 4.79 Å². The van der Waals surface area contributed by atoms with Crippen LogP contribution in [0.15, 0.2) is 42.5 Å². The van der Waals surface area contributed by atoms with Gasteiger partial charge in [0, 0.05) is 6.42 Å². The van der Waals surface area contributed by atoms with Gasteiger partial charge in [-0.2, -0.15) is 0 Å². The average Bonchev–Trinajstić information content (AvgIpc) is 2.83. The molecule has 2 aliphatic rings. The fraction of sp³-hybridized carbons (Fsp3) is 0.444. The van der Waals surface area contributed by atoms with Crippen molar-refractivity contribution in [1.29, 1.82) is 0 Å². The number of hydrogen-bond donors (Lipinski definition) is 0. The Balaban J connectivity index is 1.73. The highest BCUT2D eigenvalue weighted by Gasteiger charge is 2.45. The van der Waals surface area contributed by atoms with Crippen molar-refractivity contribution in [2.75, 3.05) is 26.7 Å². The van der Waals surface area contributed by atoms with Gasteiger partial charge in [-0.05, 0) is 18.6 Å². The Hall–Kier alpha value is -2.14. The highest BCUT2D eigenvalue weighted by atomic mass is 16.6. The zero-order chi connectivity index (χ0) is 16.4. The smallest absolute Gasteiger partial charge is 0.417 e. The number of likely N-dealkylation sites (N-methyl/N-ethyl adjacent to an activating group) is 1. The number of carbonyl (C=O) groups is 2. The first kappa shape index (κ1) is 15.7. The van der Waals surface area contributed by atoms with E-state index in [0.717, 1.165) is 25.1 Å². The maximum atomic E-state index is 12.7. The molecule has 1 aromatic rings. The molecule has 0 N–H and O–H groups in total. The lowest BCUT2D eigenvalue weighted by molar-refractivity contribution is -0.897. The fourth-order valence-corrected chi connectivity index (χ4v) is 3.35. The molecule has 1 saturated heterocycles. The summed E-state index contributed by atoms with van der Waals surface area (Å²) in [6.07, 6.45) is 4.30. The minimum Gasteiger partial charge on any atom is -0.439 e. The van der Waals surface area contributed by atoms with Crippen LogP contribution in [0, 0.1) is 0 Å². The van der Waals surface area contributed by atoms with Crippen LogP contribution in [0.2, 0.25) is 0 Å². The summed E-state index contributed by atoms with van der Waals surface area (Å²) < 4.78 is 6.10. The largest absolute Gasteiger partial charge is 0.439 e. The van der Waals surface area contributed by atoms with E-state index in [2.05, 4.69) is 19.2 Å². The number of amides is 2. The summed E-state index contributed by atoms with van der Waals surface area (Å²) in [5.41, 5.74) is 0.921. The van der Waals surface area contributed by atoms with Gasteiger partial charge in [0.25, 0.3) is 5.91 Å². The van der Waals surface area contributed by atoms with Crippen molar-refractivity contribution >= 4 is 12.0 Å². The lowest BCUT2D eigenvalue weighted by Gasteiger charge is -2.35. The second-order valence-corrected chi connectivity index (χ2v) is 6.66. The molecule has 2 heterocycles. The van der Waals surface area contributed by atoms with Crippen LogP contribution < -0.4 is 0 Å². The molecular weight excluding hydrogens is 292 g/mol. The first-order valence-electron chi connectivity index (χ1n) is 8.06. The van der Waals surface area contributed by atoms with E-state index in [1.807, 2.05) is 37.3 Å². The highest BCUT2D eigenvalue weighted by Crippen LogP contribution is 2.32.